The summed E-state index contributed by atoms with van der Waals surface area (Å²) in [5.74, 6) is 5.72. The lowest BCUT2D eigenvalue weighted by Gasteiger charge is -2.03. The molecule has 1 amide bonds. The molecule has 4 heteroatoms. The molecule has 0 aliphatic rings. The fourth-order valence-corrected chi connectivity index (χ4v) is 2.18. The Morgan fingerprint density at radius 3 is 2.68 bits per heavy atom. The third-order valence-electron chi connectivity index (χ3n) is 2.49. The van der Waals surface area contributed by atoms with Gasteiger partial charge in [-0.05, 0) is 29.1 Å². The summed E-state index contributed by atoms with van der Waals surface area (Å²) in [6.07, 6.45) is 0. The predicted octanol–water partition coefficient (Wildman–Crippen LogP) is 1.99. The molecule has 1 aromatic carbocycles. The van der Waals surface area contributed by atoms with Gasteiger partial charge in [0.05, 0.1) is 11.4 Å². The minimum absolute atomic E-state index is 0.0398. The molecule has 0 bridgehead atoms. The van der Waals surface area contributed by atoms with Crippen molar-refractivity contribution in [3.05, 3.63) is 57.8 Å². The number of carbonyl (C=O) groups excluding carboxylic acids is 1. The third-order valence-corrected chi connectivity index (χ3v) is 3.36. The van der Waals surface area contributed by atoms with Gasteiger partial charge >= 0.3 is 0 Å². The summed E-state index contributed by atoms with van der Waals surface area (Å²) in [6.45, 7) is 0.875. The molecule has 3 N–H and O–H groups in total. The van der Waals surface area contributed by atoms with Crippen LogP contribution >= 0.6 is 11.3 Å². The van der Waals surface area contributed by atoms with Gasteiger partial charge in [0.25, 0.3) is 5.91 Å². The molecule has 0 saturated carbocycles. The van der Waals surface area contributed by atoms with Crippen LogP contribution in [0.1, 0.15) is 20.8 Å². The van der Waals surface area contributed by atoms with E-state index in [4.69, 9.17) is 5.73 Å². The monoisotopic (exact) mass is 270 g/mol. The van der Waals surface area contributed by atoms with E-state index in [1.54, 1.807) is 0 Å². The molecule has 0 aliphatic heterocycles. The Labute approximate surface area is 116 Å². The zero-order valence-corrected chi connectivity index (χ0v) is 11.2. The van der Waals surface area contributed by atoms with E-state index in [2.05, 4.69) is 17.2 Å². The number of hydrogen-bond donors (Lipinski definition) is 2. The molecular formula is C15H14N2OS. The van der Waals surface area contributed by atoms with Crippen LogP contribution in [0.4, 0.5) is 0 Å². The van der Waals surface area contributed by atoms with Crippen molar-refractivity contribution >= 4 is 17.2 Å². The van der Waals surface area contributed by atoms with E-state index in [-0.39, 0.29) is 5.91 Å². The summed E-state index contributed by atoms with van der Waals surface area (Å²) >= 11 is 1.44. The maximum absolute atomic E-state index is 11.8. The maximum Gasteiger partial charge on any atom is 0.261 e. The van der Waals surface area contributed by atoms with Gasteiger partial charge in [0, 0.05) is 12.1 Å². The molecule has 0 unspecified atom stereocenters. The number of nitrogens with one attached hydrogen (secondary N) is 1. The Bertz CT molecular complexity index is 591. The van der Waals surface area contributed by atoms with Gasteiger partial charge in [-0.2, -0.15) is 0 Å². The summed E-state index contributed by atoms with van der Waals surface area (Å²) in [6, 6.07) is 11.4. The fraction of sp³-hybridized carbons (Fsp3) is 0.133. The highest BCUT2D eigenvalue weighted by Gasteiger charge is 2.05. The topological polar surface area (TPSA) is 55.1 Å². The van der Waals surface area contributed by atoms with E-state index in [0.29, 0.717) is 13.1 Å². The molecule has 0 fully saturated rings. The molecular weight excluding hydrogens is 256 g/mol. The van der Waals surface area contributed by atoms with Crippen LogP contribution in [0.2, 0.25) is 0 Å². The molecule has 1 aromatic heterocycles. The Morgan fingerprint density at radius 2 is 2.05 bits per heavy atom. The SMILES string of the molecule is NCC#Cc1ccc(CNC(=O)c2cccs2)cc1. The second kappa shape index (κ2) is 6.74. The first kappa shape index (κ1) is 13.3. The first-order valence-corrected chi connectivity index (χ1v) is 6.77. The number of rotatable bonds is 3. The number of thiophene rings is 1. The predicted molar refractivity (Wildman–Crippen MR) is 77.9 cm³/mol. The lowest BCUT2D eigenvalue weighted by atomic mass is 10.1. The summed E-state index contributed by atoms with van der Waals surface area (Å²) in [5.41, 5.74) is 7.29. The normalized spacial score (nSPS) is 9.53. The van der Waals surface area contributed by atoms with Crippen molar-refractivity contribution in [2.24, 2.45) is 5.73 Å². The Hall–Kier alpha value is -2.09. The number of carbonyl (C=O) groups is 1. The average molecular weight is 270 g/mol. The van der Waals surface area contributed by atoms with Crippen LogP contribution in [0.15, 0.2) is 41.8 Å². The van der Waals surface area contributed by atoms with Gasteiger partial charge in [-0.25, -0.2) is 0 Å². The Morgan fingerprint density at radius 1 is 1.26 bits per heavy atom. The maximum atomic E-state index is 11.8. The minimum atomic E-state index is -0.0398. The molecule has 0 radical (unpaired) electrons. The van der Waals surface area contributed by atoms with Gasteiger partial charge in [0.1, 0.15) is 0 Å². The van der Waals surface area contributed by atoms with Crippen molar-refractivity contribution < 1.29 is 4.79 Å². The van der Waals surface area contributed by atoms with Crippen LogP contribution in [0.5, 0.6) is 0 Å². The largest absolute Gasteiger partial charge is 0.347 e. The Kier molecular flexibility index (Phi) is 4.73. The van der Waals surface area contributed by atoms with Gasteiger partial charge in [-0.1, -0.05) is 30.0 Å². The molecule has 96 valence electrons. The van der Waals surface area contributed by atoms with E-state index in [1.165, 1.54) is 11.3 Å². The Balaban J connectivity index is 1.91. The number of amides is 1. The van der Waals surface area contributed by atoms with Crippen LogP contribution in [0, 0.1) is 11.8 Å². The van der Waals surface area contributed by atoms with Crippen LogP contribution in [0.3, 0.4) is 0 Å². The van der Waals surface area contributed by atoms with Gasteiger partial charge in [-0.15, -0.1) is 11.3 Å². The van der Waals surface area contributed by atoms with Gasteiger partial charge in [0.2, 0.25) is 0 Å². The van der Waals surface area contributed by atoms with Gasteiger partial charge in [0.15, 0.2) is 0 Å². The standard InChI is InChI=1S/C15H14N2OS/c16-9-1-3-12-5-7-13(8-6-12)11-17-15(18)14-4-2-10-19-14/h2,4-8,10H,9,11,16H2,(H,17,18). The summed E-state index contributed by atoms with van der Waals surface area (Å²) in [7, 11) is 0. The molecule has 0 spiro atoms. The average Bonchev–Trinajstić information content (AvgIpc) is 2.98. The molecule has 0 atom stereocenters. The lowest BCUT2D eigenvalue weighted by molar-refractivity contribution is 0.0955. The smallest absolute Gasteiger partial charge is 0.261 e. The zero-order chi connectivity index (χ0) is 13.5. The highest BCUT2D eigenvalue weighted by molar-refractivity contribution is 7.12. The van der Waals surface area contributed by atoms with E-state index < -0.39 is 0 Å². The molecule has 1 heterocycles. The zero-order valence-electron chi connectivity index (χ0n) is 10.3. The number of hydrogen-bond acceptors (Lipinski definition) is 3. The van der Waals surface area contributed by atoms with E-state index in [9.17, 15) is 4.79 Å². The van der Waals surface area contributed by atoms with E-state index >= 15 is 0 Å². The highest BCUT2D eigenvalue weighted by atomic mass is 32.1. The minimum Gasteiger partial charge on any atom is -0.347 e. The van der Waals surface area contributed by atoms with Crippen molar-refractivity contribution in [3.63, 3.8) is 0 Å². The second-order valence-corrected chi connectivity index (χ2v) is 4.81. The third kappa shape index (κ3) is 3.95. The van der Waals surface area contributed by atoms with Crippen molar-refractivity contribution in [2.45, 2.75) is 6.54 Å². The second-order valence-electron chi connectivity index (χ2n) is 3.86. The van der Waals surface area contributed by atoms with Crippen LogP contribution in [-0.2, 0) is 6.54 Å². The molecule has 2 rings (SSSR count). The molecule has 19 heavy (non-hydrogen) atoms. The van der Waals surface area contributed by atoms with E-state index in [1.807, 2.05) is 41.8 Å². The number of nitrogens with two attached hydrogens (primary N) is 1. The molecule has 0 aliphatic carbocycles. The first-order valence-electron chi connectivity index (χ1n) is 5.89. The van der Waals surface area contributed by atoms with Gasteiger partial charge < -0.3 is 11.1 Å². The quantitative estimate of drug-likeness (QED) is 0.838. The molecule has 3 nitrogen and oxygen atoms in total. The lowest BCUT2D eigenvalue weighted by Crippen LogP contribution is -2.21. The molecule has 2 aromatic rings. The summed E-state index contributed by atoms with van der Waals surface area (Å²) in [5, 5.41) is 4.77. The fourth-order valence-electron chi connectivity index (χ4n) is 1.54. The van der Waals surface area contributed by atoms with Crippen LogP contribution in [-0.4, -0.2) is 12.5 Å². The summed E-state index contributed by atoms with van der Waals surface area (Å²) < 4.78 is 0. The van der Waals surface area contributed by atoms with Crippen LogP contribution < -0.4 is 11.1 Å². The van der Waals surface area contributed by atoms with Crippen molar-refractivity contribution in [1.82, 2.24) is 5.32 Å². The van der Waals surface area contributed by atoms with Crippen molar-refractivity contribution in [2.75, 3.05) is 6.54 Å². The first-order chi connectivity index (χ1) is 9.29. The highest BCUT2D eigenvalue weighted by Crippen LogP contribution is 2.09. The summed E-state index contributed by atoms with van der Waals surface area (Å²) in [4.78, 5) is 12.5. The van der Waals surface area contributed by atoms with Crippen LogP contribution in [0.25, 0.3) is 0 Å². The van der Waals surface area contributed by atoms with E-state index in [0.717, 1.165) is 16.0 Å². The molecule has 0 saturated heterocycles. The van der Waals surface area contributed by atoms with Gasteiger partial charge in [-0.3, -0.25) is 4.79 Å². The van der Waals surface area contributed by atoms with Crippen molar-refractivity contribution in [3.8, 4) is 11.8 Å². The van der Waals surface area contributed by atoms with Crippen molar-refractivity contribution in [1.29, 1.82) is 0 Å². The number of benzene rings is 1.